The number of alkyl halides is 6. The number of ether oxygens (including phenoxy) is 1. The van der Waals surface area contributed by atoms with Crippen molar-refractivity contribution in [1.82, 2.24) is 9.78 Å². The molecule has 0 spiro atoms. The molecule has 0 saturated heterocycles. The number of rotatable bonds is 5. The van der Waals surface area contributed by atoms with Crippen LogP contribution in [0.15, 0.2) is 36.7 Å². The number of benzene rings is 1. The summed E-state index contributed by atoms with van der Waals surface area (Å²) >= 11 is 0. The predicted molar refractivity (Wildman–Crippen MR) is 73.6 cm³/mol. The SMILES string of the molecule is O=C(Nc1cnn(COCC(F)(F)F)c1)c1cccc(C(F)(F)F)c1. The van der Waals surface area contributed by atoms with E-state index in [9.17, 15) is 31.1 Å². The molecule has 1 aromatic heterocycles. The Morgan fingerprint density at radius 2 is 1.92 bits per heavy atom. The van der Waals surface area contributed by atoms with Crippen molar-refractivity contribution in [2.45, 2.75) is 19.1 Å². The highest BCUT2D eigenvalue weighted by Crippen LogP contribution is 2.29. The molecule has 1 aromatic carbocycles. The first-order valence-electron chi connectivity index (χ1n) is 6.70. The second-order valence-corrected chi connectivity index (χ2v) is 4.89. The second-order valence-electron chi connectivity index (χ2n) is 4.89. The Labute approximate surface area is 137 Å². The summed E-state index contributed by atoms with van der Waals surface area (Å²) in [7, 11) is 0. The van der Waals surface area contributed by atoms with E-state index >= 15 is 0 Å². The van der Waals surface area contributed by atoms with Gasteiger partial charge in [-0.25, -0.2) is 4.68 Å². The number of hydrogen-bond donors (Lipinski definition) is 1. The van der Waals surface area contributed by atoms with Crippen LogP contribution in [-0.4, -0.2) is 28.5 Å². The predicted octanol–water partition coefficient (Wildman–Crippen LogP) is 3.69. The van der Waals surface area contributed by atoms with Crippen molar-refractivity contribution in [3.63, 3.8) is 0 Å². The van der Waals surface area contributed by atoms with Gasteiger partial charge in [-0.3, -0.25) is 4.79 Å². The third-order valence-corrected chi connectivity index (χ3v) is 2.83. The standard InChI is InChI=1S/C14H11F6N3O2/c15-13(16,17)7-25-8-23-6-11(5-21-23)22-12(24)9-2-1-3-10(4-9)14(18,19)20/h1-6H,7-8H2,(H,22,24). The molecule has 136 valence electrons. The molecule has 0 bridgehead atoms. The lowest BCUT2D eigenvalue weighted by molar-refractivity contribution is -0.182. The second kappa shape index (κ2) is 7.13. The molecule has 5 nitrogen and oxygen atoms in total. The van der Waals surface area contributed by atoms with E-state index in [1.54, 1.807) is 0 Å². The van der Waals surface area contributed by atoms with Gasteiger partial charge in [0, 0.05) is 5.56 Å². The Kier molecular flexibility index (Phi) is 5.36. The van der Waals surface area contributed by atoms with Crippen LogP contribution >= 0.6 is 0 Å². The highest BCUT2D eigenvalue weighted by molar-refractivity contribution is 6.04. The first-order valence-corrected chi connectivity index (χ1v) is 6.70. The molecule has 1 N–H and O–H groups in total. The summed E-state index contributed by atoms with van der Waals surface area (Å²) in [5.74, 6) is -0.818. The zero-order valence-corrected chi connectivity index (χ0v) is 12.4. The summed E-state index contributed by atoms with van der Waals surface area (Å²) in [5.41, 5.74) is -1.11. The van der Waals surface area contributed by atoms with Crippen molar-refractivity contribution in [2.75, 3.05) is 11.9 Å². The molecule has 1 heterocycles. The highest BCUT2D eigenvalue weighted by Gasteiger charge is 2.31. The largest absolute Gasteiger partial charge is 0.416 e. The Bertz CT molecular complexity index is 739. The normalized spacial score (nSPS) is 12.2. The lowest BCUT2D eigenvalue weighted by Crippen LogP contribution is -2.18. The van der Waals surface area contributed by atoms with Gasteiger partial charge in [0.05, 0.1) is 23.6 Å². The number of carbonyl (C=O) groups excluding carboxylic acids is 1. The van der Waals surface area contributed by atoms with Crippen LogP contribution < -0.4 is 5.32 Å². The zero-order valence-electron chi connectivity index (χ0n) is 12.4. The minimum absolute atomic E-state index is 0.0954. The number of amides is 1. The van der Waals surface area contributed by atoms with E-state index < -0.39 is 37.2 Å². The third kappa shape index (κ3) is 5.78. The summed E-state index contributed by atoms with van der Waals surface area (Å²) in [6, 6.07) is 3.80. The Morgan fingerprint density at radius 1 is 1.20 bits per heavy atom. The van der Waals surface area contributed by atoms with Crippen LogP contribution in [0.2, 0.25) is 0 Å². The van der Waals surface area contributed by atoms with Gasteiger partial charge in [-0.05, 0) is 18.2 Å². The summed E-state index contributed by atoms with van der Waals surface area (Å²) in [6.45, 7) is -1.96. The van der Waals surface area contributed by atoms with Crippen LogP contribution in [0.1, 0.15) is 15.9 Å². The molecule has 0 unspecified atom stereocenters. The minimum Gasteiger partial charge on any atom is -0.350 e. The van der Waals surface area contributed by atoms with Crippen LogP contribution in [0.25, 0.3) is 0 Å². The number of anilines is 1. The fourth-order valence-corrected chi connectivity index (χ4v) is 1.79. The van der Waals surface area contributed by atoms with Crippen LogP contribution in [0.5, 0.6) is 0 Å². The van der Waals surface area contributed by atoms with Crippen molar-refractivity contribution in [3.05, 3.63) is 47.8 Å². The van der Waals surface area contributed by atoms with Crippen molar-refractivity contribution >= 4 is 11.6 Å². The molecule has 0 fully saturated rings. The Hall–Kier alpha value is -2.56. The zero-order chi connectivity index (χ0) is 18.7. The van der Waals surface area contributed by atoms with E-state index in [0.717, 1.165) is 23.0 Å². The fourth-order valence-electron chi connectivity index (χ4n) is 1.79. The maximum Gasteiger partial charge on any atom is 0.416 e. The van der Waals surface area contributed by atoms with Crippen LogP contribution in [-0.2, 0) is 17.6 Å². The summed E-state index contributed by atoms with van der Waals surface area (Å²) < 4.78 is 79.1. The van der Waals surface area contributed by atoms with Gasteiger partial charge in [0.2, 0.25) is 0 Å². The molecule has 25 heavy (non-hydrogen) atoms. The minimum atomic E-state index is -4.59. The summed E-state index contributed by atoms with van der Waals surface area (Å²) in [6.07, 6.45) is -6.75. The fraction of sp³-hybridized carbons (Fsp3) is 0.286. The van der Waals surface area contributed by atoms with E-state index in [0.29, 0.717) is 6.07 Å². The first-order chi connectivity index (χ1) is 11.5. The monoisotopic (exact) mass is 367 g/mol. The molecule has 0 aliphatic carbocycles. The molecule has 2 rings (SSSR count). The molecule has 0 saturated carbocycles. The topological polar surface area (TPSA) is 56.2 Å². The number of halogens is 6. The Morgan fingerprint density at radius 3 is 2.56 bits per heavy atom. The van der Waals surface area contributed by atoms with Crippen LogP contribution in [0.4, 0.5) is 32.0 Å². The molecular weight excluding hydrogens is 356 g/mol. The maximum atomic E-state index is 12.6. The molecule has 0 atom stereocenters. The van der Waals surface area contributed by atoms with Gasteiger partial charge in [0.1, 0.15) is 13.3 Å². The molecule has 11 heteroatoms. The van der Waals surface area contributed by atoms with E-state index in [1.807, 2.05) is 0 Å². The van der Waals surface area contributed by atoms with Crippen LogP contribution in [0, 0.1) is 0 Å². The number of aromatic nitrogens is 2. The van der Waals surface area contributed by atoms with Gasteiger partial charge in [0.25, 0.3) is 5.91 Å². The average molecular weight is 367 g/mol. The van der Waals surface area contributed by atoms with E-state index in [4.69, 9.17) is 0 Å². The lowest BCUT2D eigenvalue weighted by Gasteiger charge is -2.08. The number of nitrogens with zero attached hydrogens (tertiary/aromatic N) is 2. The summed E-state index contributed by atoms with van der Waals surface area (Å²) in [4.78, 5) is 12.0. The summed E-state index contributed by atoms with van der Waals surface area (Å²) in [5, 5.41) is 5.97. The maximum absolute atomic E-state index is 12.6. The first kappa shape index (κ1) is 18.8. The van der Waals surface area contributed by atoms with Gasteiger partial charge in [0.15, 0.2) is 0 Å². The molecule has 1 amide bonds. The smallest absolute Gasteiger partial charge is 0.350 e. The van der Waals surface area contributed by atoms with Crippen LogP contribution in [0.3, 0.4) is 0 Å². The van der Waals surface area contributed by atoms with Gasteiger partial charge in [-0.1, -0.05) is 6.07 Å². The molecular formula is C14H11F6N3O2. The van der Waals surface area contributed by atoms with Gasteiger partial charge < -0.3 is 10.1 Å². The van der Waals surface area contributed by atoms with Gasteiger partial charge >= 0.3 is 12.4 Å². The highest BCUT2D eigenvalue weighted by atomic mass is 19.4. The molecule has 2 aromatic rings. The number of hydrogen-bond acceptors (Lipinski definition) is 3. The Balaban J connectivity index is 1.97. The van der Waals surface area contributed by atoms with Crippen molar-refractivity contribution in [1.29, 1.82) is 0 Å². The molecule has 0 aliphatic heterocycles. The van der Waals surface area contributed by atoms with E-state index in [2.05, 4.69) is 15.2 Å². The molecule has 0 radical (unpaired) electrons. The van der Waals surface area contributed by atoms with Crippen molar-refractivity contribution in [2.24, 2.45) is 0 Å². The van der Waals surface area contributed by atoms with E-state index in [1.165, 1.54) is 12.3 Å². The van der Waals surface area contributed by atoms with E-state index in [-0.39, 0.29) is 11.3 Å². The average Bonchev–Trinajstić information content (AvgIpc) is 2.92. The van der Waals surface area contributed by atoms with Gasteiger partial charge in [-0.2, -0.15) is 31.4 Å². The van der Waals surface area contributed by atoms with Gasteiger partial charge in [-0.15, -0.1) is 0 Å². The number of carbonyl (C=O) groups is 1. The number of nitrogens with one attached hydrogen (secondary N) is 1. The van der Waals surface area contributed by atoms with Crippen molar-refractivity contribution in [3.8, 4) is 0 Å². The third-order valence-electron chi connectivity index (χ3n) is 2.83. The quantitative estimate of drug-likeness (QED) is 0.820. The molecule has 0 aliphatic rings. The lowest BCUT2D eigenvalue weighted by atomic mass is 10.1. The van der Waals surface area contributed by atoms with Crippen molar-refractivity contribution < 1.29 is 35.9 Å².